The third-order valence-electron chi connectivity index (χ3n) is 4.29. The molecule has 5 heteroatoms. The van der Waals surface area contributed by atoms with Crippen LogP contribution < -0.4 is 5.32 Å². The van der Waals surface area contributed by atoms with Crippen molar-refractivity contribution < 1.29 is 0 Å². The van der Waals surface area contributed by atoms with Gasteiger partial charge in [-0.25, -0.2) is 9.97 Å². The van der Waals surface area contributed by atoms with E-state index in [1.165, 1.54) is 5.56 Å². The Morgan fingerprint density at radius 1 is 0.885 bits per heavy atom. The second-order valence-corrected chi connectivity index (χ2v) is 6.37. The molecule has 26 heavy (non-hydrogen) atoms. The summed E-state index contributed by atoms with van der Waals surface area (Å²) in [7, 11) is 0. The molecule has 0 saturated carbocycles. The first-order valence-electron chi connectivity index (χ1n) is 8.38. The first-order valence-corrected chi connectivity index (χ1v) is 8.76. The number of anilines is 1. The minimum atomic E-state index is 0.225. The average molecular weight is 361 g/mol. The molecule has 0 aliphatic rings. The first-order chi connectivity index (χ1) is 12.7. The van der Waals surface area contributed by atoms with Crippen LogP contribution in [0.1, 0.15) is 11.3 Å². The lowest BCUT2D eigenvalue weighted by molar-refractivity contribution is 1.03. The van der Waals surface area contributed by atoms with Gasteiger partial charge in [-0.3, -0.25) is 4.98 Å². The first kappa shape index (κ1) is 16.5. The van der Waals surface area contributed by atoms with Crippen molar-refractivity contribution in [2.24, 2.45) is 0 Å². The van der Waals surface area contributed by atoms with Crippen molar-refractivity contribution in [1.82, 2.24) is 15.0 Å². The number of rotatable bonds is 4. The van der Waals surface area contributed by atoms with Crippen molar-refractivity contribution in [3.05, 3.63) is 83.4 Å². The Morgan fingerprint density at radius 2 is 1.69 bits per heavy atom. The van der Waals surface area contributed by atoms with Crippen LogP contribution in [-0.2, 0) is 6.54 Å². The van der Waals surface area contributed by atoms with Crippen LogP contribution in [0.5, 0.6) is 0 Å². The van der Waals surface area contributed by atoms with E-state index in [1.807, 2.05) is 42.5 Å². The summed E-state index contributed by atoms with van der Waals surface area (Å²) in [5.74, 6) is 0.713. The molecule has 4 rings (SSSR count). The van der Waals surface area contributed by atoms with Gasteiger partial charge in [0.05, 0.1) is 23.1 Å². The van der Waals surface area contributed by atoms with Crippen molar-refractivity contribution in [3.63, 3.8) is 0 Å². The van der Waals surface area contributed by atoms with Crippen LogP contribution in [0.4, 0.5) is 5.82 Å². The third kappa shape index (κ3) is 3.24. The SMILES string of the molecule is Cc1ccccc1-c1cccc2nc(Cl)nc(NCc3ccccn3)c12. The predicted molar refractivity (Wildman–Crippen MR) is 106 cm³/mol. The lowest BCUT2D eigenvalue weighted by atomic mass is 9.97. The van der Waals surface area contributed by atoms with Gasteiger partial charge in [-0.2, -0.15) is 0 Å². The molecule has 4 nitrogen and oxygen atoms in total. The van der Waals surface area contributed by atoms with Gasteiger partial charge in [0.1, 0.15) is 5.82 Å². The highest BCUT2D eigenvalue weighted by Crippen LogP contribution is 2.34. The van der Waals surface area contributed by atoms with E-state index in [2.05, 4.69) is 45.4 Å². The molecule has 2 aromatic heterocycles. The Morgan fingerprint density at radius 3 is 2.50 bits per heavy atom. The fourth-order valence-corrected chi connectivity index (χ4v) is 3.23. The molecule has 0 radical (unpaired) electrons. The van der Waals surface area contributed by atoms with Crippen LogP contribution >= 0.6 is 11.6 Å². The van der Waals surface area contributed by atoms with E-state index in [1.54, 1.807) is 6.20 Å². The maximum Gasteiger partial charge on any atom is 0.224 e. The standard InChI is InChI=1S/C21H17ClN4/c1-14-7-2-3-9-16(14)17-10-6-11-18-19(17)20(26-21(22)25-18)24-13-15-8-4-5-12-23-15/h2-12H,13H2,1H3,(H,24,25,26). The molecule has 0 saturated heterocycles. The molecule has 0 bridgehead atoms. The highest BCUT2D eigenvalue weighted by molar-refractivity contribution is 6.29. The maximum absolute atomic E-state index is 6.16. The summed E-state index contributed by atoms with van der Waals surface area (Å²) in [6.45, 7) is 2.66. The van der Waals surface area contributed by atoms with Gasteiger partial charge >= 0.3 is 0 Å². The largest absolute Gasteiger partial charge is 0.364 e. The molecular formula is C21H17ClN4. The zero-order chi connectivity index (χ0) is 17.9. The van der Waals surface area contributed by atoms with E-state index in [0.29, 0.717) is 12.4 Å². The minimum Gasteiger partial charge on any atom is -0.364 e. The van der Waals surface area contributed by atoms with Crippen LogP contribution in [0.15, 0.2) is 66.9 Å². The molecule has 0 aliphatic carbocycles. The number of aryl methyl sites for hydroxylation is 1. The molecule has 0 amide bonds. The number of aromatic nitrogens is 3. The quantitative estimate of drug-likeness (QED) is 0.504. The molecule has 2 heterocycles. The minimum absolute atomic E-state index is 0.225. The Hall–Kier alpha value is -2.98. The number of hydrogen-bond acceptors (Lipinski definition) is 4. The highest BCUT2D eigenvalue weighted by Gasteiger charge is 2.13. The number of halogens is 1. The van der Waals surface area contributed by atoms with Gasteiger partial charge in [0, 0.05) is 6.20 Å². The van der Waals surface area contributed by atoms with E-state index >= 15 is 0 Å². The zero-order valence-electron chi connectivity index (χ0n) is 14.3. The summed E-state index contributed by atoms with van der Waals surface area (Å²) >= 11 is 6.16. The summed E-state index contributed by atoms with van der Waals surface area (Å²) in [5.41, 5.74) is 5.19. The zero-order valence-corrected chi connectivity index (χ0v) is 15.0. The molecule has 0 aliphatic heterocycles. The van der Waals surface area contributed by atoms with Gasteiger partial charge < -0.3 is 5.32 Å². The summed E-state index contributed by atoms with van der Waals surface area (Å²) in [5, 5.41) is 4.56. The number of nitrogens with zero attached hydrogens (tertiary/aromatic N) is 3. The average Bonchev–Trinajstić information content (AvgIpc) is 2.66. The molecule has 0 spiro atoms. The molecule has 4 aromatic rings. The fourth-order valence-electron chi connectivity index (χ4n) is 3.06. The van der Waals surface area contributed by atoms with Crippen LogP contribution in [-0.4, -0.2) is 15.0 Å². The number of hydrogen-bond donors (Lipinski definition) is 1. The van der Waals surface area contributed by atoms with Gasteiger partial charge in [0.15, 0.2) is 0 Å². The smallest absolute Gasteiger partial charge is 0.224 e. The van der Waals surface area contributed by atoms with Crippen molar-refractivity contribution in [2.75, 3.05) is 5.32 Å². The number of pyridine rings is 1. The van der Waals surface area contributed by atoms with Crippen LogP contribution in [0.25, 0.3) is 22.0 Å². The van der Waals surface area contributed by atoms with E-state index in [9.17, 15) is 0 Å². The van der Waals surface area contributed by atoms with Gasteiger partial charge in [0.2, 0.25) is 5.28 Å². The van der Waals surface area contributed by atoms with Gasteiger partial charge in [-0.15, -0.1) is 0 Å². The summed E-state index contributed by atoms with van der Waals surface area (Å²) < 4.78 is 0. The van der Waals surface area contributed by atoms with Crippen LogP contribution in [0.2, 0.25) is 5.28 Å². The van der Waals surface area contributed by atoms with Gasteiger partial charge in [-0.05, 0) is 53.4 Å². The van der Waals surface area contributed by atoms with Gasteiger partial charge in [-0.1, -0.05) is 42.5 Å². The third-order valence-corrected chi connectivity index (χ3v) is 4.46. The number of fused-ring (bicyclic) bond motifs is 1. The summed E-state index contributed by atoms with van der Waals surface area (Å²) in [4.78, 5) is 13.2. The molecule has 2 aromatic carbocycles. The Balaban J connectivity index is 1.85. The van der Waals surface area contributed by atoms with Crippen LogP contribution in [0, 0.1) is 6.92 Å². The molecule has 0 unspecified atom stereocenters. The lowest BCUT2D eigenvalue weighted by Gasteiger charge is -2.14. The molecule has 1 N–H and O–H groups in total. The van der Waals surface area contributed by atoms with E-state index in [4.69, 9.17) is 11.6 Å². The molecule has 0 fully saturated rings. The number of benzene rings is 2. The molecule has 128 valence electrons. The predicted octanol–water partition coefficient (Wildman–Crippen LogP) is 5.27. The van der Waals surface area contributed by atoms with E-state index in [-0.39, 0.29) is 5.28 Å². The van der Waals surface area contributed by atoms with Crippen molar-refractivity contribution in [2.45, 2.75) is 13.5 Å². The second kappa shape index (κ2) is 7.10. The monoisotopic (exact) mass is 360 g/mol. The maximum atomic E-state index is 6.16. The second-order valence-electron chi connectivity index (χ2n) is 6.03. The fraction of sp³-hybridized carbons (Fsp3) is 0.0952. The van der Waals surface area contributed by atoms with E-state index in [0.717, 1.165) is 27.7 Å². The Kier molecular flexibility index (Phi) is 4.50. The lowest BCUT2D eigenvalue weighted by Crippen LogP contribution is -2.05. The topological polar surface area (TPSA) is 50.7 Å². The van der Waals surface area contributed by atoms with Crippen molar-refractivity contribution in [3.8, 4) is 11.1 Å². The van der Waals surface area contributed by atoms with Crippen molar-refractivity contribution >= 4 is 28.3 Å². The van der Waals surface area contributed by atoms with Crippen LogP contribution in [0.3, 0.4) is 0 Å². The highest BCUT2D eigenvalue weighted by atomic mass is 35.5. The normalized spacial score (nSPS) is 10.8. The van der Waals surface area contributed by atoms with E-state index < -0.39 is 0 Å². The Bertz CT molecular complexity index is 1060. The van der Waals surface area contributed by atoms with Gasteiger partial charge in [0.25, 0.3) is 0 Å². The summed E-state index contributed by atoms with van der Waals surface area (Å²) in [6, 6.07) is 20.2. The summed E-state index contributed by atoms with van der Waals surface area (Å²) in [6.07, 6.45) is 1.78. The Labute approximate surface area is 156 Å². The number of nitrogens with one attached hydrogen (secondary N) is 1. The molecule has 0 atom stereocenters. The van der Waals surface area contributed by atoms with Crippen molar-refractivity contribution in [1.29, 1.82) is 0 Å². The molecular weight excluding hydrogens is 344 g/mol.